The van der Waals surface area contributed by atoms with Gasteiger partial charge in [-0.25, -0.2) is 4.90 Å². The lowest BCUT2D eigenvalue weighted by atomic mass is 9.81. The van der Waals surface area contributed by atoms with Crippen molar-refractivity contribution < 1.29 is 23.9 Å². The average molecular weight is 513 g/mol. The lowest BCUT2D eigenvalue weighted by Crippen LogP contribution is -2.32. The van der Waals surface area contributed by atoms with E-state index in [9.17, 15) is 19.2 Å². The van der Waals surface area contributed by atoms with Gasteiger partial charge in [0.25, 0.3) is 0 Å². The molecular formula is C26H22Cl2N2O5. The van der Waals surface area contributed by atoms with Gasteiger partial charge >= 0.3 is 5.97 Å². The number of imide groups is 1. The molecule has 0 spiro atoms. The number of ether oxygens (including phenoxy) is 1. The molecule has 0 radical (unpaired) electrons. The summed E-state index contributed by atoms with van der Waals surface area (Å²) in [7, 11) is 0. The predicted molar refractivity (Wildman–Crippen MR) is 129 cm³/mol. The molecule has 0 N–H and O–H groups in total. The van der Waals surface area contributed by atoms with Gasteiger partial charge in [0.05, 0.1) is 34.2 Å². The van der Waals surface area contributed by atoms with E-state index < -0.39 is 11.9 Å². The number of halogens is 2. The van der Waals surface area contributed by atoms with Gasteiger partial charge in [-0.05, 0) is 61.4 Å². The Morgan fingerprint density at radius 1 is 0.943 bits per heavy atom. The van der Waals surface area contributed by atoms with Crippen molar-refractivity contribution in [3.63, 3.8) is 0 Å². The first-order valence-corrected chi connectivity index (χ1v) is 12.5. The van der Waals surface area contributed by atoms with Crippen LogP contribution in [0.5, 0.6) is 5.75 Å². The third-order valence-electron chi connectivity index (χ3n) is 7.88. The van der Waals surface area contributed by atoms with E-state index in [-0.39, 0.29) is 48.3 Å². The highest BCUT2D eigenvalue weighted by Gasteiger charge is 2.61. The Hall–Kier alpha value is -2.90. The first-order valence-electron chi connectivity index (χ1n) is 11.8. The summed E-state index contributed by atoms with van der Waals surface area (Å²) >= 11 is 12.3. The number of fused-ring (bicyclic) bond motifs is 5. The second-order valence-electron chi connectivity index (χ2n) is 9.82. The molecule has 180 valence electrons. The Kier molecular flexibility index (Phi) is 5.38. The maximum Gasteiger partial charge on any atom is 0.316 e. The summed E-state index contributed by atoms with van der Waals surface area (Å²) in [5, 5.41) is 0.797. The normalized spacial score (nSPS) is 29.3. The molecule has 6 rings (SSSR count). The van der Waals surface area contributed by atoms with Crippen molar-refractivity contribution in [1.82, 2.24) is 0 Å². The molecule has 2 aliphatic heterocycles. The number of rotatable bonds is 4. The van der Waals surface area contributed by atoms with Crippen LogP contribution in [0, 0.1) is 29.6 Å². The van der Waals surface area contributed by atoms with E-state index in [2.05, 4.69) is 0 Å². The molecule has 2 saturated heterocycles. The number of carbonyl (C=O) groups excluding carboxylic acids is 4. The van der Waals surface area contributed by atoms with Crippen LogP contribution in [0.1, 0.15) is 25.7 Å². The van der Waals surface area contributed by atoms with Crippen molar-refractivity contribution in [2.24, 2.45) is 29.6 Å². The monoisotopic (exact) mass is 512 g/mol. The number of benzene rings is 2. The molecule has 2 bridgehead atoms. The average Bonchev–Trinajstić information content (AvgIpc) is 3.59. The minimum atomic E-state index is -0.689. The van der Waals surface area contributed by atoms with Crippen LogP contribution in [0.25, 0.3) is 0 Å². The van der Waals surface area contributed by atoms with Gasteiger partial charge < -0.3 is 9.64 Å². The van der Waals surface area contributed by atoms with E-state index in [1.165, 1.54) is 9.80 Å². The first-order chi connectivity index (χ1) is 16.8. The zero-order valence-electron chi connectivity index (χ0n) is 18.7. The summed E-state index contributed by atoms with van der Waals surface area (Å²) in [5.41, 5.74) is 0.862. The van der Waals surface area contributed by atoms with Gasteiger partial charge in [0.2, 0.25) is 17.7 Å². The molecule has 7 nitrogen and oxygen atoms in total. The van der Waals surface area contributed by atoms with Crippen molar-refractivity contribution in [2.45, 2.75) is 25.7 Å². The summed E-state index contributed by atoms with van der Waals surface area (Å²) in [6.45, 7) is 0.118. The lowest BCUT2D eigenvalue weighted by Gasteiger charge is -2.19. The van der Waals surface area contributed by atoms with Crippen molar-refractivity contribution in [3.8, 4) is 5.75 Å². The largest absolute Gasteiger partial charge is 0.426 e. The van der Waals surface area contributed by atoms with Crippen LogP contribution in [0.3, 0.4) is 0 Å². The van der Waals surface area contributed by atoms with Gasteiger partial charge in [-0.15, -0.1) is 0 Å². The highest BCUT2D eigenvalue weighted by Crippen LogP contribution is 2.56. The fraction of sp³-hybridized carbons (Fsp3) is 0.385. The molecule has 2 aromatic rings. The van der Waals surface area contributed by atoms with E-state index in [0.29, 0.717) is 33.3 Å². The zero-order chi connectivity index (χ0) is 24.4. The molecule has 35 heavy (non-hydrogen) atoms. The molecule has 3 amide bonds. The molecule has 0 aromatic heterocycles. The van der Waals surface area contributed by atoms with Crippen LogP contribution in [0.4, 0.5) is 11.4 Å². The smallest absolute Gasteiger partial charge is 0.316 e. The molecule has 4 fully saturated rings. The molecule has 2 saturated carbocycles. The molecular weight excluding hydrogens is 491 g/mol. The summed E-state index contributed by atoms with van der Waals surface area (Å²) < 4.78 is 5.58. The van der Waals surface area contributed by atoms with E-state index >= 15 is 0 Å². The quantitative estimate of drug-likeness (QED) is 0.342. The number of nitrogens with zero attached hydrogens (tertiary/aromatic N) is 2. The predicted octanol–water partition coefficient (Wildman–Crippen LogP) is 4.49. The van der Waals surface area contributed by atoms with Crippen molar-refractivity contribution >= 4 is 58.3 Å². The second kappa shape index (κ2) is 8.35. The van der Waals surface area contributed by atoms with Crippen molar-refractivity contribution in [2.75, 3.05) is 16.3 Å². The maximum absolute atomic E-state index is 13.1. The van der Waals surface area contributed by atoms with Crippen LogP contribution < -0.4 is 14.5 Å². The summed E-state index contributed by atoms with van der Waals surface area (Å²) in [6, 6.07) is 11.3. The van der Waals surface area contributed by atoms with Gasteiger partial charge in [0.15, 0.2) is 0 Å². The fourth-order valence-corrected chi connectivity index (χ4v) is 6.73. The number of hydrogen-bond acceptors (Lipinski definition) is 5. The van der Waals surface area contributed by atoms with Gasteiger partial charge in [0, 0.05) is 24.1 Å². The van der Waals surface area contributed by atoms with Gasteiger partial charge in [-0.2, -0.15) is 0 Å². The topological polar surface area (TPSA) is 84.0 Å². The van der Waals surface area contributed by atoms with Crippen LogP contribution in [-0.4, -0.2) is 30.2 Å². The third-order valence-corrected chi connectivity index (χ3v) is 8.43. The molecule has 5 atom stereocenters. The fourth-order valence-electron chi connectivity index (χ4n) is 6.34. The number of anilines is 2. The lowest BCUT2D eigenvalue weighted by molar-refractivity contribution is -0.139. The van der Waals surface area contributed by atoms with Crippen LogP contribution >= 0.6 is 23.2 Å². The van der Waals surface area contributed by atoms with Gasteiger partial charge in [0.1, 0.15) is 5.75 Å². The first kappa shape index (κ1) is 22.6. The maximum atomic E-state index is 13.1. The minimum Gasteiger partial charge on any atom is -0.426 e. The minimum absolute atomic E-state index is 0.0173. The number of esters is 1. The van der Waals surface area contributed by atoms with E-state index in [1.54, 1.807) is 42.5 Å². The van der Waals surface area contributed by atoms with Crippen molar-refractivity contribution in [1.29, 1.82) is 0 Å². The van der Waals surface area contributed by atoms with E-state index in [4.69, 9.17) is 27.9 Å². The van der Waals surface area contributed by atoms with Crippen LogP contribution in [0.15, 0.2) is 42.5 Å². The standard InChI is InChI=1S/C26H22Cl2N2O5/c27-16-6-7-19(28)20(10-16)29-12-15(9-21(29)31)26(34)35-18-3-1-2-17(11-18)30-24(32)22-13-4-5-14(8-13)23(22)25(30)33/h1-3,6-7,10-11,13-15,22-23H,4-5,8-9,12H2/t13-,14-,15+,22+,23+/m0/s1. The van der Waals surface area contributed by atoms with Gasteiger partial charge in [-0.3, -0.25) is 19.2 Å². The highest BCUT2D eigenvalue weighted by molar-refractivity contribution is 6.36. The molecule has 2 aromatic carbocycles. The summed E-state index contributed by atoms with van der Waals surface area (Å²) in [4.78, 5) is 54.4. The Balaban J connectivity index is 1.17. The number of amides is 3. The van der Waals surface area contributed by atoms with E-state index in [1.807, 2.05) is 0 Å². The molecule has 9 heteroatoms. The third kappa shape index (κ3) is 3.64. The summed E-state index contributed by atoms with van der Waals surface area (Å²) in [6.07, 6.45) is 2.97. The SMILES string of the molecule is O=C(Oc1cccc(N2C(=O)[C@@H]3[C@H]4CC[C@@H](C4)[C@H]3C2=O)c1)[C@@H]1CC(=O)N(c2cc(Cl)ccc2Cl)C1. The zero-order valence-corrected chi connectivity index (χ0v) is 20.2. The van der Waals surface area contributed by atoms with Crippen molar-refractivity contribution in [3.05, 3.63) is 52.5 Å². The summed E-state index contributed by atoms with van der Waals surface area (Å²) in [5.74, 6) is -1.43. The van der Waals surface area contributed by atoms with E-state index in [0.717, 1.165) is 19.3 Å². The Bertz CT molecular complexity index is 1250. The van der Waals surface area contributed by atoms with Crippen LogP contribution in [0.2, 0.25) is 10.0 Å². The Labute approximate surface area is 211 Å². The van der Waals surface area contributed by atoms with Crippen LogP contribution in [-0.2, 0) is 19.2 Å². The highest BCUT2D eigenvalue weighted by atomic mass is 35.5. The molecule has 0 unspecified atom stereocenters. The molecule has 2 heterocycles. The molecule has 4 aliphatic rings. The Morgan fingerprint density at radius 2 is 1.66 bits per heavy atom. The Morgan fingerprint density at radius 3 is 2.37 bits per heavy atom. The second-order valence-corrected chi connectivity index (χ2v) is 10.7. The number of hydrogen-bond donors (Lipinski definition) is 0. The number of carbonyl (C=O) groups is 4. The van der Waals surface area contributed by atoms with Gasteiger partial charge in [-0.1, -0.05) is 29.3 Å². The molecule has 2 aliphatic carbocycles.